The fourth-order valence-corrected chi connectivity index (χ4v) is 3.96. The molecule has 1 aromatic carbocycles. The summed E-state index contributed by atoms with van der Waals surface area (Å²) in [7, 11) is 0. The SMILES string of the molecule is CC(=O)Nc1ccc(OC(=O)c2sc3nc(C)cc(C)c3c2C)cc1. The summed E-state index contributed by atoms with van der Waals surface area (Å²) >= 11 is 1.35. The van der Waals surface area contributed by atoms with Gasteiger partial charge < -0.3 is 10.1 Å². The lowest BCUT2D eigenvalue weighted by atomic mass is 10.1. The smallest absolute Gasteiger partial charge is 0.354 e. The number of aromatic nitrogens is 1. The molecule has 128 valence electrons. The minimum Gasteiger partial charge on any atom is -0.422 e. The number of fused-ring (bicyclic) bond motifs is 1. The molecule has 0 bridgehead atoms. The lowest BCUT2D eigenvalue weighted by Crippen LogP contribution is -2.08. The molecule has 0 unspecified atom stereocenters. The van der Waals surface area contributed by atoms with Gasteiger partial charge in [-0.2, -0.15) is 0 Å². The second-order valence-electron chi connectivity index (χ2n) is 5.91. The van der Waals surface area contributed by atoms with Gasteiger partial charge in [0.2, 0.25) is 5.91 Å². The lowest BCUT2D eigenvalue weighted by molar-refractivity contribution is -0.114. The fraction of sp³-hybridized carbons (Fsp3) is 0.211. The zero-order valence-corrected chi connectivity index (χ0v) is 15.3. The summed E-state index contributed by atoms with van der Waals surface area (Å²) in [6.45, 7) is 7.32. The fourth-order valence-electron chi connectivity index (χ4n) is 2.78. The number of nitrogens with zero attached hydrogens (tertiary/aromatic N) is 1. The number of ether oxygens (including phenoxy) is 1. The Labute approximate surface area is 149 Å². The highest BCUT2D eigenvalue weighted by atomic mass is 32.1. The van der Waals surface area contributed by atoms with Crippen LogP contribution in [-0.2, 0) is 4.79 Å². The van der Waals surface area contributed by atoms with Gasteiger partial charge >= 0.3 is 5.97 Å². The van der Waals surface area contributed by atoms with Crippen LogP contribution in [0.2, 0.25) is 0 Å². The first-order valence-corrected chi connectivity index (χ1v) is 8.64. The highest BCUT2D eigenvalue weighted by molar-refractivity contribution is 7.20. The number of rotatable bonds is 3. The van der Waals surface area contributed by atoms with E-state index in [1.165, 1.54) is 18.3 Å². The number of hydrogen-bond acceptors (Lipinski definition) is 5. The lowest BCUT2D eigenvalue weighted by Gasteiger charge is -2.06. The van der Waals surface area contributed by atoms with Crippen LogP contribution in [0.1, 0.15) is 33.4 Å². The van der Waals surface area contributed by atoms with E-state index in [0.29, 0.717) is 16.3 Å². The largest absolute Gasteiger partial charge is 0.422 e. The van der Waals surface area contributed by atoms with Gasteiger partial charge in [0.1, 0.15) is 15.5 Å². The Hall–Kier alpha value is -2.73. The molecule has 3 aromatic rings. The van der Waals surface area contributed by atoms with Gasteiger partial charge in [0.05, 0.1) is 0 Å². The quantitative estimate of drug-likeness (QED) is 0.559. The predicted octanol–water partition coefficient (Wildman–Crippen LogP) is 4.40. The van der Waals surface area contributed by atoms with Crippen molar-refractivity contribution >= 4 is 39.1 Å². The van der Waals surface area contributed by atoms with Crippen molar-refractivity contribution in [3.63, 3.8) is 0 Å². The van der Waals surface area contributed by atoms with E-state index in [-0.39, 0.29) is 5.91 Å². The van der Waals surface area contributed by atoms with Crippen LogP contribution in [0.4, 0.5) is 5.69 Å². The Balaban J connectivity index is 1.86. The molecule has 1 N–H and O–H groups in total. The minimum absolute atomic E-state index is 0.149. The van der Waals surface area contributed by atoms with Crippen molar-refractivity contribution in [3.05, 3.63) is 52.0 Å². The van der Waals surface area contributed by atoms with E-state index in [0.717, 1.165) is 27.0 Å². The Bertz CT molecular complexity index is 974. The maximum atomic E-state index is 12.6. The van der Waals surface area contributed by atoms with E-state index in [9.17, 15) is 9.59 Å². The molecule has 0 saturated heterocycles. The topological polar surface area (TPSA) is 68.3 Å². The summed E-state index contributed by atoms with van der Waals surface area (Å²) in [6, 6.07) is 8.70. The molecule has 3 rings (SSSR count). The summed E-state index contributed by atoms with van der Waals surface area (Å²) < 4.78 is 5.47. The van der Waals surface area contributed by atoms with Crippen molar-refractivity contribution < 1.29 is 14.3 Å². The number of pyridine rings is 1. The zero-order valence-electron chi connectivity index (χ0n) is 14.5. The summed E-state index contributed by atoms with van der Waals surface area (Å²) in [5, 5.41) is 3.69. The standard InChI is InChI=1S/C19H18N2O3S/c1-10-9-11(2)20-18-16(10)12(3)17(25-18)19(23)24-15-7-5-14(6-8-15)21-13(4)22/h5-9H,1-4H3,(H,21,22). The first kappa shape index (κ1) is 17.1. The highest BCUT2D eigenvalue weighted by Crippen LogP contribution is 2.33. The molecule has 0 fully saturated rings. The molecule has 0 radical (unpaired) electrons. The third-order valence-electron chi connectivity index (χ3n) is 3.80. The van der Waals surface area contributed by atoms with Crippen molar-refractivity contribution in [2.45, 2.75) is 27.7 Å². The molecule has 0 atom stereocenters. The predicted molar refractivity (Wildman–Crippen MR) is 99.5 cm³/mol. The Kier molecular flexibility index (Phi) is 4.55. The second kappa shape index (κ2) is 6.64. The van der Waals surface area contributed by atoms with Crippen LogP contribution in [0.25, 0.3) is 10.2 Å². The normalized spacial score (nSPS) is 10.7. The molecule has 0 aliphatic rings. The number of nitrogens with one attached hydrogen (secondary N) is 1. The molecule has 2 heterocycles. The van der Waals surface area contributed by atoms with E-state index in [1.54, 1.807) is 24.3 Å². The van der Waals surface area contributed by atoms with E-state index in [2.05, 4.69) is 10.3 Å². The third kappa shape index (κ3) is 3.53. The van der Waals surface area contributed by atoms with Gasteiger partial charge in [0, 0.05) is 23.7 Å². The number of aryl methyl sites for hydroxylation is 3. The van der Waals surface area contributed by atoms with Crippen LogP contribution in [0.5, 0.6) is 5.75 Å². The highest BCUT2D eigenvalue weighted by Gasteiger charge is 2.19. The monoisotopic (exact) mass is 354 g/mol. The second-order valence-corrected chi connectivity index (χ2v) is 6.91. The maximum Gasteiger partial charge on any atom is 0.354 e. The van der Waals surface area contributed by atoms with Crippen molar-refractivity contribution in [3.8, 4) is 5.75 Å². The number of thiophene rings is 1. The van der Waals surface area contributed by atoms with Gasteiger partial charge in [-0.3, -0.25) is 4.79 Å². The minimum atomic E-state index is -0.398. The van der Waals surface area contributed by atoms with Crippen molar-refractivity contribution in [2.75, 3.05) is 5.32 Å². The molecule has 0 saturated carbocycles. The van der Waals surface area contributed by atoms with Crippen LogP contribution < -0.4 is 10.1 Å². The molecule has 25 heavy (non-hydrogen) atoms. The molecule has 0 aliphatic heterocycles. The first-order chi connectivity index (χ1) is 11.8. The Morgan fingerprint density at radius 1 is 1.12 bits per heavy atom. The molecular formula is C19H18N2O3S. The van der Waals surface area contributed by atoms with E-state index < -0.39 is 5.97 Å². The average molecular weight is 354 g/mol. The van der Waals surface area contributed by atoms with Crippen molar-refractivity contribution in [1.82, 2.24) is 4.98 Å². The average Bonchev–Trinajstić information content (AvgIpc) is 2.85. The summed E-state index contributed by atoms with van der Waals surface area (Å²) in [6.07, 6.45) is 0. The molecule has 1 amide bonds. The van der Waals surface area contributed by atoms with Crippen LogP contribution in [0.3, 0.4) is 0 Å². The van der Waals surface area contributed by atoms with Gasteiger partial charge in [-0.1, -0.05) is 0 Å². The molecule has 5 nitrogen and oxygen atoms in total. The summed E-state index contributed by atoms with van der Waals surface area (Å²) in [5.74, 6) is -0.120. The molecule has 2 aromatic heterocycles. The zero-order chi connectivity index (χ0) is 18.1. The van der Waals surface area contributed by atoms with Gasteiger partial charge in [-0.05, 0) is 62.2 Å². The van der Waals surface area contributed by atoms with Crippen LogP contribution in [0.15, 0.2) is 30.3 Å². The van der Waals surface area contributed by atoms with Crippen LogP contribution in [-0.4, -0.2) is 16.9 Å². The maximum absolute atomic E-state index is 12.6. The van der Waals surface area contributed by atoms with Crippen molar-refractivity contribution in [1.29, 1.82) is 0 Å². The van der Waals surface area contributed by atoms with E-state index >= 15 is 0 Å². The number of carbonyl (C=O) groups excluding carboxylic acids is 2. The number of amides is 1. The number of benzene rings is 1. The van der Waals surface area contributed by atoms with Crippen LogP contribution in [0, 0.1) is 20.8 Å². The van der Waals surface area contributed by atoms with Gasteiger partial charge in [0.25, 0.3) is 0 Å². The summed E-state index contributed by atoms with van der Waals surface area (Å²) in [4.78, 5) is 29.5. The number of hydrogen-bond donors (Lipinski definition) is 1. The number of carbonyl (C=O) groups is 2. The van der Waals surface area contributed by atoms with Crippen LogP contribution >= 0.6 is 11.3 Å². The Morgan fingerprint density at radius 2 is 1.80 bits per heavy atom. The first-order valence-electron chi connectivity index (χ1n) is 7.82. The summed E-state index contributed by atoms with van der Waals surface area (Å²) in [5.41, 5.74) is 3.58. The van der Waals surface area contributed by atoms with E-state index in [1.807, 2.05) is 26.8 Å². The number of esters is 1. The molecule has 0 aliphatic carbocycles. The van der Waals surface area contributed by atoms with Gasteiger partial charge in [-0.15, -0.1) is 11.3 Å². The molecule has 6 heteroatoms. The Morgan fingerprint density at radius 3 is 2.44 bits per heavy atom. The third-order valence-corrected chi connectivity index (χ3v) is 4.96. The number of anilines is 1. The van der Waals surface area contributed by atoms with Crippen molar-refractivity contribution in [2.24, 2.45) is 0 Å². The van der Waals surface area contributed by atoms with Gasteiger partial charge in [0.15, 0.2) is 0 Å². The molecule has 0 spiro atoms. The van der Waals surface area contributed by atoms with Gasteiger partial charge in [-0.25, -0.2) is 9.78 Å². The van der Waals surface area contributed by atoms with E-state index in [4.69, 9.17) is 4.74 Å². The molecular weight excluding hydrogens is 336 g/mol.